The molecule has 5 rings (SSSR count). The van der Waals surface area contributed by atoms with E-state index >= 15 is 0 Å². The van der Waals surface area contributed by atoms with E-state index in [1.807, 2.05) is 18.5 Å². The molecular weight excluding hydrogens is 444 g/mol. The summed E-state index contributed by atoms with van der Waals surface area (Å²) in [5.41, 5.74) is 2.88. The van der Waals surface area contributed by atoms with E-state index < -0.39 is 15.4 Å². The van der Waals surface area contributed by atoms with Crippen molar-refractivity contribution in [3.63, 3.8) is 0 Å². The number of aromatic nitrogens is 3. The molecule has 1 amide bonds. The van der Waals surface area contributed by atoms with Crippen molar-refractivity contribution < 1.29 is 18.0 Å². The van der Waals surface area contributed by atoms with E-state index in [0.717, 1.165) is 28.0 Å². The Morgan fingerprint density at radius 2 is 2.00 bits per heavy atom. The first-order valence-corrected chi connectivity index (χ1v) is 13.5. The third-order valence-corrected chi connectivity index (χ3v) is 8.69. The summed E-state index contributed by atoms with van der Waals surface area (Å²) in [6.07, 6.45) is 6.66. The molecule has 4 heterocycles. The molecule has 0 atom stereocenters. The number of hydrogen-bond acceptors (Lipinski definition) is 8. The first kappa shape index (κ1) is 22.1. The summed E-state index contributed by atoms with van der Waals surface area (Å²) in [4.78, 5) is 22.7. The Morgan fingerprint density at radius 3 is 2.70 bits per heavy atom. The van der Waals surface area contributed by atoms with E-state index in [0.29, 0.717) is 45.2 Å². The minimum Gasteiger partial charge on any atom is -0.388 e. The molecule has 2 aromatic heterocycles. The lowest BCUT2D eigenvalue weighted by molar-refractivity contribution is -0.147. The van der Waals surface area contributed by atoms with Gasteiger partial charge >= 0.3 is 0 Å². The number of nitrogens with one attached hydrogen (secondary N) is 2. The van der Waals surface area contributed by atoms with Gasteiger partial charge < -0.3 is 15.5 Å². The SMILES string of the molecule is CCNC(=O)C1CC2(CC(c3cnc4c(cnn4CC)c3NC3CCS(=O)(=O)CC3)=NO2)C1. The average molecular weight is 475 g/mol. The van der Waals surface area contributed by atoms with E-state index in [9.17, 15) is 13.2 Å². The van der Waals surface area contributed by atoms with Crippen LogP contribution in [-0.2, 0) is 26.0 Å². The molecule has 1 spiro atoms. The van der Waals surface area contributed by atoms with Gasteiger partial charge in [0.1, 0.15) is 15.4 Å². The lowest BCUT2D eigenvalue weighted by Gasteiger charge is -2.41. The molecule has 1 saturated heterocycles. The molecule has 2 aliphatic heterocycles. The second kappa shape index (κ2) is 8.27. The van der Waals surface area contributed by atoms with Crippen LogP contribution in [0.4, 0.5) is 5.69 Å². The van der Waals surface area contributed by atoms with Gasteiger partial charge in [-0.25, -0.2) is 18.1 Å². The number of carbonyl (C=O) groups excluding carboxylic acids is 1. The third kappa shape index (κ3) is 4.07. The van der Waals surface area contributed by atoms with Crippen LogP contribution in [0.1, 0.15) is 51.5 Å². The zero-order valence-electron chi connectivity index (χ0n) is 19.0. The van der Waals surface area contributed by atoms with Gasteiger partial charge in [-0.05, 0) is 26.7 Å². The van der Waals surface area contributed by atoms with Crippen molar-refractivity contribution in [1.29, 1.82) is 0 Å². The highest BCUT2D eigenvalue weighted by molar-refractivity contribution is 7.91. The van der Waals surface area contributed by atoms with Gasteiger partial charge in [0.15, 0.2) is 5.65 Å². The van der Waals surface area contributed by atoms with Crippen LogP contribution in [0, 0.1) is 5.92 Å². The summed E-state index contributed by atoms with van der Waals surface area (Å²) < 4.78 is 25.6. The Hall–Kier alpha value is -2.69. The number of rotatable bonds is 6. The van der Waals surface area contributed by atoms with Gasteiger partial charge in [-0.1, -0.05) is 5.16 Å². The molecule has 0 aromatic carbocycles. The number of amides is 1. The molecule has 178 valence electrons. The monoisotopic (exact) mass is 474 g/mol. The summed E-state index contributed by atoms with van der Waals surface area (Å²) in [5.74, 6) is 0.419. The van der Waals surface area contributed by atoms with Gasteiger partial charge in [-0.15, -0.1) is 0 Å². The molecule has 1 aliphatic carbocycles. The van der Waals surface area contributed by atoms with Crippen molar-refractivity contribution in [3.8, 4) is 0 Å². The number of nitrogens with zero attached hydrogens (tertiary/aromatic N) is 4. The molecule has 2 fully saturated rings. The molecule has 0 unspecified atom stereocenters. The van der Waals surface area contributed by atoms with Crippen molar-refractivity contribution in [2.75, 3.05) is 23.4 Å². The topological polar surface area (TPSA) is 128 Å². The van der Waals surface area contributed by atoms with Crippen LogP contribution in [-0.4, -0.2) is 64.5 Å². The fraction of sp³-hybridized carbons (Fsp3) is 0.636. The predicted octanol–water partition coefficient (Wildman–Crippen LogP) is 1.85. The highest BCUT2D eigenvalue weighted by atomic mass is 32.2. The third-order valence-electron chi connectivity index (χ3n) is 6.98. The Bertz CT molecular complexity index is 1200. The zero-order valence-corrected chi connectivity index (χ0v) is 19.8. The number of pyridine rings is 1. The maximum atomic E-state index is 12.1. The molecule has 3 aliphatic rings. The lowest BCUT2D eigenvalue weighted by Crippen LogP contribution is -2.50. The van der Waals surface area contributed by atoms with Crippen molar-refractivity contribution in [3.05, 3.63) is 18.0 Å². The van der Waals surface area contributed by atoms with Gasteiger partial charge in [0, 0.05) is 56.1 Å². The first-order valence-electron chi connectivity index (χ1n) is 11.7. The molecule has 1 saturated carbocycles. The van der Waals surface area contributed by atoms with Gasteiger partial charge in [-0.2, -0.15) is 5.10 Å². The Labute approximate surface area is 193 Å². The summed E-state index contributed by atoms with van der Waals surface area (Å²) in [6.45, 7) is 5.26. The summed E-state index contributed by atoms with van der Waals surface area (Å²) in [5, 5.41) is 16.2. The fourth-order valence-electron chi connectivity index (χ4n) is 5.10. The second-order valence-corrected chi connectivity index (χ2v) is 11.6. The van der Waals surface area contributed by atoms with E-state index in [1.54, 1.807) is 12.4 Å². The molecule has 10 nitrogen and oxygen atoms in total. The number of carbonyl (C=O) groups is 1. The smallest absolute Gasteiger partial charge is 0.223 e. The number of hydrogen-bond donors (Lipinski definition) is 2. The zero-order chi connectivity index (χ0) is 23.2. The van der Waals surface area contributed by atoms with Crippen molar-refractivity contribution in [1.82, 2.24) is 20.1 Å². The quantitative estimate of drug-likeness (QED) is 0.654. The highest BCUT2D eigenvalue weighted by Crippen LogP contribution is 2.48. The van der Waals surface area contributed by atoms with Gasteiger partial charge in [0.05, 0.1) is 34.5 Å². The van der Waals surface area contributed by atoms with Crippen LogP contribution < -0.4 is 10.6 Å². The number of anilines is 1. The van der Waals surface area contributed by atoms with Crippen LogP contribution >= 0.6 is 0 Å². The van der Waals surface area contributed by atoms with Gasteiger partial charge in [0.2, 0.25) is 5.91 Å². The van der Waals surface area contributed by atoms with Crippen LogP contribution in [0.5, 0.6) is 0 Å². The van der Waals surface area contributed by atoms with Crippen molar-refractivity contribution in [2.24, 2.45) is 11.1 Å². The summed E-state index contributed by atoms with van der Waals surface area (Å²) in [6, 6.07) is 0.0468. The van der Waals surface area contributed by atoms with E-state index in [-0.39, 0.29) is 29.4 Å². The van der Waals surface area contributed by atoms with Crippen molar-refractivity contribution in [2.45, 2.75) is 64.1 Å². The van der Waals surface area contributed by atoms with Crippen LogP contribution in [0.15, 0.2) is 17.5 Å². The minimum absolute atomic E-state index is 0.0373. The maximum absolute atomic E-state index is 12.1. The maximum Gasteiger partial charge on any atom is 0.223 e. The minimum atomic E-state index is -2.95. The van der Waals surface area contributed by atoms with Crippen LogP contribution in [0.3, 0.4) is 0 Å². The summed E-state index contributed by atoms with van der Waals surface area (Å²) in [7, 11) is -2.95. The fourth-order valence-corrected chi connectivity index (χ4v) is 6.59. The standard InChI is InChI=1S/C22H30N6O4S/c1-3-23-21(29)14-9-22(10-14)11-18(27-32-22)16-12-24-20-17(13-25-28(20)4-2)19(16)26-15-5-7-33(30,31)8-6-15/h12-15H,3-11H2,1-2H3,(H,23,29)(H,24,26). The Kier molecular flexibility index (Phi) is 5.54. The van der Waals surface area contributed by atoms with Crippen molar-refractivity contribution >= 4 is 38.2 Å². The number of oxime groups is 1. The molecule has 2 aromatic rings. The molecule has 0 bridgehead atoms. The molecule has 11 heteroatoms. The number of aryl methyl sites for hydroxylation is 1. The molecule has 2 N–H and O–H groups in total. The van der Waals surface area contributed by atoms with Crippen LogP contribution in [0.2, 0.25) is 0 Å². The molecular formula is C22H30N6O4S. The number of fused-ring (bicyclic) bond motifs is 1. The Morgan fingerprint density at radius 1 is 1.24 bits per heavy atom. The second-order valence-electron chi connectivity index (χ2n) is 9.30. The Balaban J connectivity index is 1.40. The van der Waals surface area contributed by atoms with Gasteiger partial charge in [0.25, 0.3) is 0 Å². The first-order chi connectivity index (χ1) is 15.8. The largest absolute Gasteiger partial charge is 0.388 e. The van der Waals surface area contributed by atoms with E-state index in [2.05, 4.69) is 25.9 Å². The average Bonchev–Trinajstić information content (AvgIpc) is 3.39. The molecule has 0 radical (unpaired) electrons. The lowest BCUT2D eigenvalue weighted by atomic mass is 9.68. The van der Waals surface area contributed by atoms with Gasteiger partial charge in [-0.3, -0.25) is 4.79 Å². The predicted molar refractivity (Wildman–Crippen MR) is 125 cm³/mol. The van der Waals surface area contributed by atoms with E-state index in [4.69, 9.17) is 4.84 Å². The van der Waals surface area contributed by atoms with Crippen LogP contribution in [0.25, 0.3) is 11.0 Å². The normalized spacial score (nSPS) is 23.7. The molecule has 33 heavy (non-hydrogen) atoms. The van der Waals surface area contributed by atoms with E-state index in [1.165, 1.54) is 0 Å². The number of sulfone groups is 1. The summed E-state index contributed by atoms with van der Waals surface area (Å²) >= 11 is 0. The highest BCUT2D eigenvalue weighted by Gasteiger charge is 2.53.